The van der Waals surface area contributed by atoms with Crippen LogP contribution in [0.2, 0.25) is 0 Å². The lowest BCUT2D eigenvalue weighted by molar-refractivity contribution is 0.0111. The zero-order valence-electron chi connectivity index (χ0n) is 19.3. The fraction of sp³-hybridized carbons (Fsp3) is 0.500. The molecule has 1 saturated carbocycles. The average molecular weight is 483 g/mol. The topological polar surface area (TPSA) is 44.8 Å². The zero-order chi connectivity index (χ0) is 24.5. The van der Waals surface area contributed by atoms with Crippen molar-refractivity contribution in [3.8, 4) is 11.5 Å². The van der Waals surface area contributed by atoms with E-state index >= 15 is 0 Å². The predicted molar refractivity (Wildman–Crippen MR) is 119 cm³/mol. The van der Waals surface area contributed by atoms with E-state index in [0.29, 0.717) is 30.8 Å². The van der Waals surface area contributed by atoms with Crippen LogP contribution in [0.1, 0.15) is 68.6 Å². The molecule has 0 bridgehead atoms. The number of hydrogen-bond acceptors (Lipinski definition) is 4. The summed E-state index contributed by atoms with van der Waals surface area (Å²) < 4.78 is 70.4. The van der Waals surface area contributed by atoms with Crippen LogP contribution >= 0.6 is 0 Å². The van der Waals surface area contributed by atoms with Gasteiger partial charge >= 0.3 is 5.97 Å². The SMILES string of the molecule is CCCCCCO[C@H]1CC[C@H](COc2ccc(C(=O)Oc3cc(F)c(F)c(F)c3)c(F)c2)CC1. The number of ether oxygens (including phenoxy) is 3. The Kier molecular flexibility index (Phi) is 9.74. The molecular formula is C26H30F4O4. The van der Waals surface area contributed by atoms with E-state index in [1.165, 1.54) is 31.4 Å². The third-order valence-corrected chi connectivity index (χ3v) is 5.96. The summed E-state index contributed by atoms with van der Waals surface area (Å²) in [6.45, 7) is 3.43. The minimum absolute atomic E-state index is 0.266. The smallest absolute Gasteiger partial charge is 0.346 e. The summed E-state index contributed by atoms with van der Waals surface area (Å²) in [5, 5.41) is 0. The van der Waals surface area contributed by atoms with Gasteiger partial charge in [0.05, 0.1) is 18.3 Å². The minimum atomic E-state index is -1.68. The highest BCUT2D eigenvalue weighted by Gasteiger charge is 2.23. The zero-order valence-corrected chi connectivity index (χ0v) is 19.3. The van der Waals surface area contributed by atoms with Crippen LogP contribution in [0.15, 0.2) is 30.3 Å². The standard InChI is InChI=1S/C26H30F4O4/c1-2-3-4-5-12-32-18-8-6-17(7-9-18)16-33-19-10-11-21(22(27)13-19)26(31)34-20-14-23(28)25(30)24(29)15-20/h10-11,13-15,17-18H,2-9,12,16H2,1H3/t17-,18-. The highest BCUT2D eigenvalue weighted by molar-refractivity contribution is 5.91. The molecule has 4 nitrogen and oxygen atoms in total. The second-order valence-corrected chi connectivity index (χ2v) is 8.62. The summed E-state index contributed by atoms with van der Waals surface area (Å²) in [4.78, 5) is 12.2. The van der Waals surface area contributed by atoms with Crippen molar-refractivity contribution >= 4 is 5.97 Å². The van der Waals surface area contributed by atoms with Crippen LogP contribution in [0.25, 0.3) is 0 Å². The Bertz CT molecular complexity index is 935. The first-order valence-corrected chi connectivity index (χ1v) is 11.8. The van der Waals surface area contributed by atoms with Crippen LogP contribution in [-0.4, -0.2) is 25.3 Å². The van der Waals surface area contributed by atoms with Crippen molar-refractivity contribution in [3.63, 3.8) is 0 Å². The van der Waals surface area contributed by atoms with Crippen LogP contribution in [0.4, 0.5) is 17.6 Å². The van der Waals surface area contributed by atoms with Gasteiger partial charge in [-0.2, -0.15) is 0 Å². The fourth-order valence-electron chi connectivity index (χ4n) is 3.96. The molecule has 0 atom stereocenters. The van der Waals surface area contributed by atoms with E-state index in [1.807, 2.05) is 0 Å². The summed E-state index contributed by atoms with van der Waals surface area (Å²) in [6, 6.07) is 4.69. The van der Waals surface area contributed by atoms with Crippen molar-refractivity contribution in [2.75, 3.05) is 13.2 Å². The number of halogens is 4. The van der Waals surface area contributed by atoms with Crippen LogP contribution in [0, 0.1) is 29.2 Å². The third kappa shape index (κ3) is 7.45. The molecular weight excluding hydrogens is 452 g/mol. The summed E-state index contributed by atoms with van der Waals surface area (Å²) in [5.74, 6) is -6.73. The first-order chi connectivity index (χ1) is 16.4. The van der Waals surface area contributed by atoms with Gasteiger partial charge in [0.1, 0.15) is 17.3 Å². The summed E-state index contributed by atoms with van der Waals surface area (Å²) in [6.07, 6.45) is 8.94. The number of esters is 1. The predicted octanol–water partition coefficient (Wildman–Crippen LogP) is 7.00. The molecule has 0 aliphatic heterocycles. The quantitative estimate of drug-likeness (QED) is 0.114. The molecule has 0 aromatic heterocycles. The molecule has 186 valence electrons. The Morgan fingerprint density at radius 3 is 2.21 bits per heavy atom. The molecule has 1 aliphatic carbocycles. The summed E-state index contributed by atoms with van der Waals surface area (Å²) >= 11 is 0. The molecule has 0 amide bonds. The number of hydrogen-bond donors (Lipinski definition) is 0. The number of carbonyl (C=O) groups is 1. The Morgan fingerprint density at radius 2 is 1.56 bits per heavy atom. The molecule has 0 radical (unpaired) electrons. The van der Waals surface area contributed by atoms with Crippen molar-refractivity contribution in [2.45, 2.75) is 64.4 Å². The molecule has 0 spiro atoms. The van der Waals surface area contributed by atoms with E-state index in [2.05, 4.69) is 6.92 Å². The van der Waals surface area contributed by atoms with Crippen molar-refractivity contribution in [3.05, 3.63) is 59.2 Å². The van der Waals surface area contributed by atoms with Gasteiger partial charge in [-0.3, -0.25) is 0 Å². The molecule has 2 aromatic rings. The van der Waals surface area contributed by atoms with Crippen molar-refractivity contribution in [2.24, 2.45) is 5.92 Å². The summed E-state index contributed by atoms with van der Waals surface area (Å²) in [7, 11) is 0. The lowest BCUT2D eigenvalue weighted by Gasteiger charge is -2.28. The van der Waals surface area contributed by atoms with E-state index in [0.717, 1.165) is 44.8 Å². The Balaban J connectivity index is 1.44. The van der Waals surface area contributed by atoms with Crippen LogP contribution in [-0.2, 0) is 4.74 Å². The Hall–Kier alpha value is -2.61. The molecule has 1 fully saturated rings. The fourth-order valence-corrected chi connectivity index (χ4v) is 3.96. The highest BCUT2D eigenvalue weighted by Crippen LogP contribution is 2.28. The molecule has 0 saturated heterocycles. The maximum atomic E-state index is 14.4. The van der Waals surface area contributed by atoms with Crippen molar-refractivity contribution in [1.29, 1.82) is 0 Å². The molecule has 2 aromatic carbocycles. The number of rotatable bonds is 11. The van der Waals surface area contributed by atoms with Gasteiger partial charge in [-0.15, -0.1) is 0 Å². The van der Waals surface area contributed by atoms with E-state index in [9.17, 15) is 22.4 Å². The van der Waals surface area contributed by atoms with Crippen molar-refractivity contribution < 1.29 is 36.6 Å². The average Bonchev–Trinajstić information content (AvgIpc) is 2.81. The highest BCUT2D eigenvalue weighted by atomic mass is 19.2. The Labute approximate surface area is 197 Å². The number of unbranched alkanes of at least 4 members (excludes halogenated alkanes) is 3. The second kappa shape index (κ2) is 12.7. The van der Waals surface area contributed by atoms with Crippen LogP contribution < -0.4 is 9.47 Å². The van der Waals surface area contributed by atoms with Gasteiger partial charge in [0.2, 0.25) is 0 Å². The van der Waals surface area contributed by atoms with Gasteiger partial charge in [0.25, 0.3) is 0 Å². The van der Waals surface area contributed by atoms with Gasteiger partial charge in [-0.25, -0.2) is 22.4 Å². The van der Waals surface area contributed by atoms with Crippen LogP contribution in [0.5, 0.6) is 11.5 Å². The molecule has 34 heavy (non-hydrogen) atoms. The first kappa shape index (κ1) is 26.0. The third-order valence-electron chi connectivity index (χ3n) is 5.96. The number of carbonyl (C=O) groups excluding carboxylic acids is 1. The molecule has 8 heteroatoms. The van der Waals surface area contributed by atoms with Crippen molar-refractivity contribution in [1.82, 2.24) is 0 Å². The van der Waals surface area contributed by atoms with E-state index < -0.39 is 40.6 Å². The molecule has 3 rings (SSSR count). The van der Waals surface area contributed by atoms with Gasteiger partial charge in [-0.05, 0) is 50.2 Å². The largest absolute Gasteiger partial charge is 0.493 e. The summed E-state index contributed by atoms with van der Waals surface area (Å²) in [5.41, 5.74) is -0.436. The van der Waals surface area contributed by atoms with E-state index in [1.54, 1.807) is 0 Å². The molecule has 0 N–H and O–H groups in total. The van der Waals surface area contributed by atoms with Gasteiger partial charge in [0.15, 0.2) is 17.5 Å². The molecule has 0 unspecified atom stereocenters. The normalized spacial score (nSPS) is 18.0. The van der Waals surface area contributed by atoms with Crippen LogP contribution in [0.3, 0.4) is 0 Å². The lowest BCUT2D eigenvalue weighted by atomic mass is 9.88. The maximum absolute atomic E-state index is 14.4. The maximum Gasteiger partial charge on any atom is 0.346 e. The van der Waals surface area contributed by atoms with E-state index in [-0.39, 0.29) is 5.75 Å². The lowest BCUT2D eigenvalue weighted by Crippen LogP contribution is -2.25. The minimum Gasteiger partial charge on any atom is -0.493 e. The molecule has 1 aliphatic rings. The Morgan fingerprint density at radius 1 is 0.882 bits per heavy atom. The van der Waals surface area contributed by atoms with E-state index in [4.69, 9.17) is 14.2 Å². The first-order valence-electron chi connectivity index (χ1n) is 11.8. The second-order valence-electron chi connectivity index (χ2n) is 8.62. The molecule has 0 heterocycles. The van der Waals surface area contributed by atoms with Gasteiger partial charge in [-0.1, -0.05) is 26.2 Å². The van der Waals surface area contributed by atoms with Gasteiger partial charge < -0.3 is 14.2 Å². The number of benzene rings is 2. The monoisotopic (exact) mass is 482 g/mol. The van der Waals surface area contributed by atoms with Gasteiger partial charge in [0, 0.05) is 24.8 Å².